The Morgan fingerprint density at radius 2 is 2.16 bits per heavy atom. The van der Waals surface area contributed by atoms with Gasteiger partial charge in [0.25, 0.3) is 0 Å². The largest absolute Gasteiger partial charge is 0.390 e. The molecule has 3 aliphatic rings. The molecule has 0 bridgehead atoms. The smallest absolute Gasteiger partial charge is 0.177 e. The van der Waals surface area contributed by atoms with Crippen LogP contribution in [0, 0.1) is 23.2 Å². The minimum Gasteiger partial charge on any atom is -0.390 e. The van der Waals surface area contributed by atoms with Crippen molar-refractivity contribution < 1.29 is 18.6 Å². The average Bonchev–Trinajstić information content (AvgIpc) is 3.37. The summed E-state index contributed by atoms with van der Waals surface area (Å²) >= 11 is 0. The Kier molecular flexibility index (Phi) is 5.43. The molecule has 7 nitrogen and oxygen atoms in total. The summed E-state index contributed by atoms with van der Waals surface area (Å²) in [7, 11) is 0. The predicted molar refractivity (Wildman–Crippen MR) is 115 cm³/mol. The highest BCUT2D eigenvalue weighted by atomic mass is 19.2. The lowest BCUT2D eigenvalue weighted by Gasteiger charge is -2.39. The van der Waals surface area contributed by atoms with E-state index < -0.39 is 17.9 Å². The number of hydrogen-bond acceptors (Lipinski definition) is 6. The van der Waals surface area contributed by atoms with E-state index in [2.05, 4.69) is 43.8 Å². The van der Waals surface area contributed by atoms with Crippen LogP contribution in [0.15, 0.2) is 24.1 Å². The van der Waals surface area contributed by atoms with Gasteiger partial charge in [-0.1, -0.05) is 18.1 Å². The molecule has 4 heterocycles. The normalized spacial score (nSPS) is 26.9. The molecule has 2 N–H and O–H groups in total. The maximum absolute atomic E-state index is 14.0. The van der Waals surface area contributed by atoms with E-state index in [-0.39, 0.29) is 12.0 Å². The van der Waals surface area contributed by atoms with Gasteiger partial charge in [-0.15, -0.1) is 0 Å². The summed E-state index contributed by atoms with van der Waals surface area (Å²) in [6.07, 6.45) is 5.66. The number of alkyl halides is 1. The zero-order valence-corrected chi connectivity index (χ0v) is 17.8. The van der Waals surface area contributed by atoms with Crippen molar-refractivity contribution in [2.75, 3.05) is 24.6 Å². The number of rotatable bonds is 2. The first kappa shape index (κ1) is 21.0. The van der Waals surface area contributed by atoms with Gasteiger partial charge < -0.3 is 14.7 Å². The van der Waals surface area contributed by atoms with Gasteiger partial charge in [0.2, 0.25) is 0 Å². The number of nitrogens with one attached hydrogen (secondary N) is 1. The third-order valence-electron chi connectivity index (χ3n) is 6.62. The summed E-state index contributed by atoms with van der Waals surface area (Å²) in [5.74, 6) is 4.41. The van der Waals surface area contributed by atoms with E-state index in [1.165, 1.54) is 12.2 Å². The molecule has 9 heteroatoms. The number of hydrogen-bond donors (Lipinski definition) is 2. The third-order valence-corrected chi connectivity index (χ3v) is 6.62. The highest BCUT2D eigenvalue weighted by Crippen LogP contribution is 2.42. The lowest BCUT2D eigenvalue weighted by molar-refractivity contribution is 0.0975. The van der Waals surface area contributed by atoms with Crippen LogP contribution in [0.2, 0.25) is 0 Å². The Bertz CT molecular complexity index is 1140. The van der Waals surface area contributed by atoms with Gasteiger partial charge in [0, 0.05) is 13.1 Å². The van der Waals surface area contributed by atoms with Crippen molar-refractivity contribution in [2.24, 2.45) is 11.3 Å². The molecule has 1 spiro atoms. The number of fused-ring (bicyclic) bond motifs is 1. The second-order valence-corrected chi connectivity index (χ2v) is 8.87. The van der Waals surface area contributed by atoms with Crippen molar-refractivity contribution in [1.29, 1.82) is 0 Å². The van der Waals surface area contributed by atoms with Crippen molar-refractivity contribution in [3.05, 3.63) is 35.4 Å². The molecule has 2 aromatic heterocycles. The van der Waals surface area contributed by atoms with E-state index in [1.54, 1.807) is 0 Å². The van der Waals surface area contributed by atoms with Crippen LogP contribution < -0.4 is 4.90 Å². The van der Waals surface area contributed by atoms with Gasteiger partial charge >= 0.3 is 0 Å². The molecule has 2 unspecified atom stereocenters. The molecule has 0 radical (unpaired) electrons. The topological polar surface area (TPSA) is 87.2 Å². The summed E-state index contributed by atoms with van der Waals surface area (Å²) in [6, 6.07) is 0. The van der Waals surface area contributed by atoms with Gasteiger partial charge in [-0.25, -0.2) is 18.7 Å². The van der Waals surface area contributed by atoms with Crippen LogP contribution in [0.5, 0.6) is 0 Å². The van der Waals surface area contributed by atoms with Crippen LogP contribution in [-0.2, 0) is 11.3 Å². The summed E-state index contributed by atoms with van der Waals surface area (Å²) in [5.41, 5.74) is 1.83. The Labute approximate surface area is 184 Å². The van der Waals surface area contributed by atoms with Crippen LogP contribution in [-0.4, -0.2) is 57.2 Å². The first-order valence-electron chi connectivity index (χ1n) is 10.9. The maximum atomic E-state index is 14.0. The molecule has 5 rings (SSSR count). The molecule has 2 aliphatic heterocycles. The van der Waals surface area contributed by atoms with E-state index in [0.29, 0.717) is 34.5 Å². The molecule has 32 heavy (non-hydrogen) atoms. The monoisotopic (exact) mass is 441 g/mol. The van der Waals surface area contributed by atoms with Crippen LogP contribution in [0.1, 0.15) is 37.6 Å². The fraction of sp³-hybridized carbons (Fsp3) is 0.522. The number of piperidine rings is 1. The van der Waals surface area contributed by atoms with Crippen LogP contribution >= 0.6 is 0 Å². The van der Waals surface area contributed by atoms with Gasteiger partial charge in [0.05, 0.1) is 25.2 Å². The summed E-state index contributed by atoms with van der Waals surface area (Å²) in [4.78, 5) is 11.4. The van der Waals surface area contributed by atoms with Crippen LogP contribution in [0.4, 0.5) is 14.6 Å². The number of H-pyrrole nitrogens is 1. The van der Waals surface area contributed by atoms with Crippen molar-refractivity contribution in [3.8, 4) is 11.8 Å². The highest BCUT2D eigenvalue weighted by Gasteiger charge is 2.41. The fourth-order valence-corrected chi connectivity index (χ4v) is 4.80. The van der Waals surface area contributed by atoms with Crippen molar-refractivity contribution in [3.63, 3.8) is 0 Å². The average molecular weight is 441 g/mol. The van der Waals surface area contributed by atoms with Crippen molar-refractivity contribution in [1.82, 2.24) is 20.2 Å². The second-order valence-electron chi connectivity index (χ2n) is 8.87. The second kappa shape index (κ2) is 8.26. The summed E-state index contributed by atoms with van der Waals surface area (Å²) < 4.78 is 33.3. The molecule has 3 atom stereocenters. The minimum absolute atomic E-state index is 0.236. The van der Waals surface area contributed by atoms with E-state index >= 15 is 0 Å². The van der Waals surface area contributed by atoms with E-state index in [1.807, 2.05) is 0 Å². The molecule has 0 amide bonds. The highest BCUT2D eigenvalue weighted by molar-refractivity contribution is 5.78. The number of halogens is 2. The van der Waals surface area contributed by atoms with E-state index in [0.717, 1.165) is 45.0 Å². The number of anilines is 1. The van der Waals surface area contributed by atoms with Crippen molar-refractivity contribution in [2.45, 2.75) is 45.1 Å². The summed E-state index contributed by atoms with van der Waals surface area (Å²) in [5, 5.41) is 16.9. The number of ether oxygens (including phenoxy) is 1. The van der Waals surface area contributed by atoms with E-state index in [9.17, 15) is 13.9 Å². The molecule has 1 aliphatic carbocycles. The third kappa shape index (κ3) is 3.78. The van der Waals surface area contributed by atoms with Crippen LogP contribution in [0.25, 0.3) is 11.2 Å². The minimum atomic E-state index is -1.79. The molecule has 2 aromatic rings. The molecule has 168 valence electrons. The molecular formula is C23H25F2N5O2. The number of nitrogens with zero attached hydrogens (tertiary/aromatic N) is 4. The fourth-order valence-electron chi connectivity index (χ4n) is 4.80. The molecular weight excluding hydrogens is 416 g/mol. The van der Waals surface area contributed by atoms with Gasteiger partial charge in [0.15, 0.2) is 23.3 Å². The molecule has 0 saturated carbocycles. The Hall–Kier alpha value is -2.83. The molecule has 2 fully saturated rings. The first-order valence-corrected chi connectivity index (χ1v) is 10.9. The Balaban J connectivity index is 1.39. The first-order chi connectivity index (χ1) is 15.5. The standard InChI is InChI=1S/C23H25F2N5O2/c1-14-11-23(13-32-14)7-9-30(10-8-23)22-18(12-31)26-20-17(28-29-21(20)27-22)6-5-15-3-2-4-16(24)19(15)25/h2-4,14-15,19,31H,7-13H2,1H3,(H,27,28,29)/t14-,15?,19?/m0/s1. The SMILES string of the molecule is C[C@H]1CC2(CCN(c3nc4[nH]nc(C#CC5C=CC=C(F)C5F)c4nc3CO)CC2)CO1. The zero-order valence-electron chi connectivity index (χ0n) is 17.8. The number of aliphatic hydroxyl groups is 1. The lowest BCUT2D eigenvalue weighted by atomic mass is 9.77. The zero-order chi connectivity index (χ0) is 22.3. The number of aromatic nitrogens is 4. The summed E-state index contributed by atoms with van der Waals surface area (Å²) in [6.45, 7) is 4.28. The van der Waals surface area contributed by atoms with Gasteiger partial charge in [0.1, 0.15) is 17.0 Å². The maximum Gasteiger partial charge on any atom is 0.177 e. The molecule has 0 aromatic carbocycles. The van der Waals surface area contributed by atoms with Crippen molar-refractivity contribution >= 4 is 17.0 Å². The van der Waals surface area contributed by atoms with Gasteiger partial charge in [-0.05, 0) is 43.6 Å². The van der Waals surface area contributed by atoms with Gasteiger partial charge in [-0.2, -0.15) is 5.10 Å². The lowest BCUT2D eigenvalue weighted by Crippen LogP contribution is -2.41. The number of aromatic amines is 1. The van der Waals surface area contributed by atoms with Gasteiger partial charge in [-0.3, -0.25) is 5.10 Å². The number of allylic oxidation sites excluding steroid dienone is 4. The molecule has 2 saturated heterocycles. The predicted octanol–water partition coefficient (Wildman–Crippen LogP) is 2.97. The van der Waals surface area contributed by atoms with E-state index in [4.69, 9.17) is 4.74 Å². The Morgan fingerprint density at radius 3 is 2.88 bits per heavy atom. The van der Waals surface area contributed by atoms with Crippen LogP contribution in [0.3, 0.4) is 0 Å². The number of aliphatic hydroxyl groups excluding tert-OH is 1. The Morgan fingerprint density at radius 1 is 1.34 bits per heavy atom. The quantitative estimate of drug-likeness (QED) is 0.697.